The normalized spacial score (nSPS) is 15.1. The van der Waals surface area contributed by atoms with Crippen LogP contribution in [0.15, 0.2) is 54.6 Å². The summed E-state index contributed by atoms with van der Waals surface area (Å²) in [6.07, 6.45) is 3.66. The van der Waals surface area contributed by atoms with Gasteiger partial charge >= 0.3 is 0 Å². The molecule has 1 heterocycles. The maximum Gasteiger partial charge on any atom is 0.255 e. The zero-order valence-corrected chi connectivity index (χ0v) is 15.7. The third kappa shape index (κ3) is 4.88. The summed E-state index contributed by atoms with van der Waals surface area (Å²) in [5.74, 6) is 0.194. The molecule has 142 valence electrons. The molecule has 0 spiro atoms. The molecule has 5 heteroatoms. The van der Waals surface area contributed by atoms with E-state index in [1.54, 1.807) is 18.2 Å². The molecule has 2 aromatic rings. The van der Waals surface area contributed by atoms with Gasteiger partial charge in [-0.25, -0.2) is 0 Å². The molecule has 0 bridgehead atoms. The number of nitrogens with one attached hydrogen (secondary N) is 1. The standard InChI is InChI=1S/C22H26N2O3/c1-27-20-13-7-6-12-18(20)21(25)23-19(16-17-10-4-2-5-11-17)22(26)24-14-8-3-9-15-24/h2,4-7,10-13,19H,3,8-9,14-16H2,1H3,(H,23,25)/t19-/m0/s1. The second kappa shape index (κ2) is 9.21. The van der Waals surface area contributed by atoms with Crippen LogP contribution in [0, 0.1) is 0 Å². The van der Waals surface area contributed by atoms with Crippen molar-refractivity contribution in [2.75, 3.05) is 20.2 Å². The van der Waals surface area contributed by atoms with Crippen molar-refractivity contribution in [3.63, 3.8) is 0 Å². The number of nitrogens with zero attached hydrogens (tertiary/aromatic N) is 1. The summed E-state index contributed by atoms with van der Waals surface area (Å²) in [5, 5.41) is 2.94. The largest absolute Gasteiger partial charge is 0.496 e. The Balaban J connectivity index is 1.80. The first kappa shape index (κ1) is 19.0. The van der Waals surface area contributed by atoms with Gasteiger partial charge in [-0.3, -0.25) is 9.59 Å². The summed E-state index contributed by atoms with van der Waals surface area (Å²) in [4.78, 5) is 27.8. The molecule has 0 unspecified atom stereocenters. The van der Waals surface area contributed by atoms with Gasteiger partial charge in [0.25, 0.3) is 5.91 Å². The molecule has 27 heavy (non-hydrogen) atoms. The lowest BCUT2D eigenvalue weighted by atomic mass is 10.0. The average molecular weight is 366 g/mol. The van der Waals surface area contributed by atoms with Crippen molar-refractivity contribution in [2.45, 2.75) is 31.7 Å². The second-order valence-corrected chi connectivity index (χ2v) is 6.80. The van der Waals surface area contributed by atoms with Crippen LogP contribution < -0.4 is 10.1 Å². The number of amides is 2. The van der Waals surface area contributed by atoms with Gasteiger partial charge in [0.15, 0.2) is 0 Å². The number of likely N-dealkylation sites (tertiary alicyclic amines) is 1. The van der Waals surface area contributed by atoms with Crippen molar-refractivity contribution in [3.8, 4) is 5.75 Å². The van der Waals surface area contributed by atoms with Gasteiger partial charge in [-0.05, 0) is 37.0 Å². The molecule has 1 aliphatic heterocycles. The van der Waals surface area contributed by atoms with Crippen molar-refractivity contribution in [2.24, 2.45) is 0 Å². The number of piperidine rings is 1. The van der Waals surface area contributed by atoms with Gasteiger partial charge in [0.2, 0.25) is 5.91 Å². The van der Waals surface area contributed by atoms with Crippen molar-refractivity contribution < 1.29 is 14.3 Å². The SMILES string of the molecule is COc1ccccc1C(=O)N[C@@H](Cc1ccccc1)C(=O)N1CCCCC1. The molecule has 0 aromatic heterocycles. The molecule has 1 saturated heterocycles. The van der Waals surface area contributed by atoms with Gasteiger partial charge in [0.05, 0.1) is 12.7 Å². The van der Waals surface area contributed by atoms with Gasteiger partial charge in [-0.2, -0.15) is 0 Å². The fourth-order valence-electron chi connectivity index (χ4n) is 3.45. The Morgan fingerprint density at radius 3 is 2.37 bits per heavy atom. The van der Waals surface area contributed by atoms with Crippen molar-refractivity contribution in [1.29, 1.82) is 0 Å². The Bertz CT molecular complexity index is 770. The minimum absolute atomic E-state index is 0.0122. The minimum atomic E-state index is -0.595. The van der Waals surface area contributed by atoms with Crippen LogP contribution in [0.25, 0.3) is 0 Å². The van der Waals surface area contributed by atoms with E-state index < -0.39 is 6.04 Å². The van der Waals surface area contributed by atoms with Crippen LogP contribution in [-0.4, -0.2) is 43.0 Å². The lowest BCUT2D eigenvalue weighted by molar-refractivity contribution is -0.134. The van der Waals surface area contributed by atoms with Crippen LogP contribution in [0.3, 0.4) is 0 Å². The van der Waals surface area contributed by atoms with E-state index in [-0.39, 0.29) is 11.8 Å². The first-order valence-electron chi connectivity index (χ1n) is 9.45. The van der Waals surface area contributed by atoms with E-state index in [1.165, 1.54) is 7.11 Å². The van der Waals surface area contributed by atoms with Crippen molar-refractivity contribution >= 4 is 11.8 Å². The number of methoxy groups -OCH3 is 1. The number of para-hydroxylation sites is 1. The van der Waals surface area contributed by atoms with Crippen LogP contribution >= 0.6 is 0 Å². The molecule has 2 aromatic carbocycles. The highest BCUT2D eigenvalue weighted by Gasteiger charge is 2.28. The van der Waals surface area contributed by atoms with E-state index in [2.05, 4.69) is 5.32 Å². The maximum absolute atomic E-state index is 13.1. The molecular formula is C22H26N2O3. The summed E-state index contributed by atoms with van der Waals surface area (Å²) in [7, 11) is 1.53. The van der Waals surface area contributed by atoms with Crippen LogP contribution in [0.5, 0.6) is 5.75 Å². The first-order valence-corrected chi connectivity index (χ1v) is 9.45. The highest BCUT2D eigenvalue weighted by atomic mass is 16.5. The Morgan fingerprint density at radius 2 is 1.67 bits per heavy atom. The maximum atomic E-state index is 13.1. The van der Waals surface area contributed by atoms with Gasteiger partial charge in [0.1, 0.15) is 11.8 Å². The number of hydrogen-bond acceptors (Lipinski definition) is 3. The number of carbonyl (C=O) groups is 2. The first-order chi connectivity index (χ1) is 13.2. The fourth-order valence-corrected chi connectivity index (χ4v) is 3.45. The highest BCUT2D eigenvalue weighted by molar-refractivity contribution is 5.99. The lowest BCUT2D eigenvalue weighted by Crippen LogP contribution is -2.51. The lowest BCUT2D eigenvalue weighted by Gasteiger charge is -2.31. The fraction of sp³-hybridized carbons (Fsp3) is 0.364. The summed E-state index contributed by atoms with van der Waals surface area (Å²) in [6.45, 7) is 1.52. The monoisotopic (exact) mass is 366 g/mol. The number of hydrogen-bond donors (Lipinski definition) is 1. The van der Waals surface area contributed by atoms with Crippen LogP contribution in [0.4, 0.5) is 0 Å². The molecule has 1 aliphatic rings. The van der Waals surface area contributed by atoms with Crippen molar-refractivity contribution in [3.05, 3.63) is 65.7 Å². The van der Waals surface area contributed by atoms with E-state index in [1.807, 2.05) is 41.3 Å². The van der Waals surface area contributed by atoms with Crippen LogP contribution in [-0.2, 0) is 11.2 Å². The van der Waals surface area contributed by atoms with E-state index in [4.69, 9.17) is 4.74 Å². The van der Waals surface area contributed by atoms with Crippen LogP contribution in [0.2, 0.25) is 0 Å². The smallest absolute Gasteiger partial charge is 0.255 e. The molecule has 1 atom stereocenters. The van der Waals surface area contributed by atoms with E-state index in [0.29, 0.717) is 17.7 Å². The molecule has 2 amide bonds. The van der Waals surface area contributed by atoms with E-state index >= 15 is 0 Å². The Morgan fingerprint density at radius 1 is 1.00 bits per heavy atom. The number of benzene rings is 2. The summed E-state index contributed by atoms with van der Waals surface area (Å²) < 4.78 is 5.29. The Kier molecular flexibility index (Phi) is 6.47. The Labute approximate surface area is 160 Å². The molecule has 0 radical (unpaired) electrons. The topological polar surface area (TPSA) is 58.6 Å². The number of rotatable bonds is 6. The zero-order chi connectivity index (χ0) is 19.1. The summed E-state index contributed by atoms with van der Waals surface area (Å²) >= 11 is 0. The van der Waals surface area contributed by atoms with Crippen molar-refractivity contribution in [1.82, 2.24) is 10.2 Å². The van der Waals surface area contributed by atoms with E-state index in [0.717, 1.165) is 37.9 Å². The third-order valence-electron chi connectivity index (χ3n) is 4.91. The zero-order valence-electron chi connectivity index (χ0n) is 15.7. The third-order valence-corrected chi connectivity index (χ3v) is 4.91. The second-order valence-electron chi connectivity index (χ2n) is 6.80. The number of carbonyl (C=O) groups excluding carboxylic acids is 2. The highest BCUT2D eigenvalue weighted by Crippen LogP contribution is 2.18. The molecule has 0 saturated carbocycles. The summed E-state index contributed by atoms with van der Waals surface area (Å²) in [5.41, 5.74) is 1.46. The van der Waals surface area contributed by atoms with Gasteiger partial charge in [0, 0.05) is 19.5 Å². The molecule has 1 fully saturated rings. The molecule has 1 N–H and O–H groups in total. The van der Waals surface area contributed by atoms with E-state index in [9.17, 15) is 9.59 Å². The quantitative estimate of drug-likeness (QED) is 0.855. The predicted molar refractivity (Wildman–Crippen MR) is 105 cm³/mol. The molecular weight excluding hydrogens is 340 g/mol. The van der Waals surface area contributed by atoms with Gasteiger partial charge in [-0.1, -0.05) is 42.5 Å². The van der Waals surface area contributed by atoms with Gasteiger partial charge < -0.3 is 15.0 Å². The molecule has 5 nitrogen and oxygen atoms in total. The number of ether oxygens (including phenoxy) is 1. The predicted octanol–water partition coefficient (Wildman–Crippen LogP) is 3.05. The summed E-state index contributed by atoms with van der Waals surface area (Å²) in [6, 6.07) is 16.2. The molecule has 0 aliphatic carbocycles. The minimum Gasteiger partial charge on any atom is -0.496 e. The van der Waals surface area contributed by atoms with Crippen LogP contribution in [0.1, 0.15) is 35.2 Å². The van der Waals surface area contributed by atoms with Gasteiger partial charge in [-0.15, -0.1) is 0 Å². The average Bonchev–Trinajstić information content (AvgIpc) is 2.74. The molecule has 3 rings (SSSR count). The Hall–Kier alpha value is -2.82.